The topological polar surface area (TPSA) is 84.9 Å². The van der Waals surface area contributed by atoms with Crippen LogP contribution >= 0.6 is 0 Å². The van der Waals surface area contributed by atoms with E-state index < -0.39 is 10.0 Å². The molecule has 0 saturated carbocycles. The molecule has 31 heavy (non-hydrogen) atoms. The Bertz CT molecular complexity index is 1010. The number of benzene rings is 2. The molecule has 1 aliphatic heterocycles. The van der Waals surface area contributed by atoms with E-state index in [0.29, 0.717) is 36.7 Å². The second-order valence-electron chi connectivity index (χ2n) is 7.71. The summed E-state index contributed by atoms with van der Waals surface area (Å²) >= 11 is 0. The number of aryl methyl sites for hydroxylation is 2. The molecule has 2 aromatic carbocycles. The summed E-state index contributed by atoms with van der Waals surface area (Å²) < 4.78 is 38.0. The number of carbonyl (C=O) groups excluding carboxylic acids is 1. The Morgan fingerprint density at radius 3 is 2.26 bits per heavy atom. The van der Waals surface area contributed by atoms with Gasteiger partial charge in [-0.3, -0.25) is 4.79 Å². The van der Waals surface area contributed by atoms with Crippen molar-refractivity contribution < 1.29 is 22.7 Å². The highest BCUT2D eigenvalue weighted by Crippen LogP contribution is 2.26. The fourth-order valence-electron chi connectivity index (χ4n) is 3.63. The minimum absolute atomic E-state index is 0.183. The van der Waals surface area contributed by atoms with E-state index in [4.69, 9.17) is 9.47 Å². The molecule has 0 atom stereocenters. The molecule has 0 bridgehead atoms. The first-order chi connectivity index (χ1) is 14.8. The number of hydrogen-bond donors (Lipinski definition) is 1. The third-order valence-corrected chi connectivity index (χ3v) is 7.38. The van der Waals surface area contributed by atoms with Gasteiger partial charge < -0.3 is 14.8 Å². The average Bonchev–Trinajstić information content (AvgIpc) is 2.79. The molecule has 3 rings (SSSR count). The first kappa shape index (κ1) is 23.1. The van der Waals surface area contributed by atoms with Crippen molar-refractivity contribution in [3.8, 4) is 11.5 Å². The quantitative estimate of drug-likeness (QED) is 0.667. The number of methoxy groups -OCH3 is 2. The van der Waals surface area contributed by atoms with Crippen LogP contribution < -0.4 is 14.8 Å². The Hall–Kier alpha value is -2.58. The van der Waals surface area contributed by atoms with Gasteiger partial charge in [-0.15, -0.1) is 0 Å². The predicted octanol–water partition coefficient (Wildman–Crippen LogP) is 3.76. The summed E-state index contributed by atoms with van der Waals surface area (Å²) in [6.45, 7) is 2.93. The highest BCUT2D eigenvalue weighted by atomic mass is 32.2. The van der Waals surface area contributed by atoms with Gasteiger partial charge in [0.2, 0.25) is 15.9 Å². The highest BCUT2D eigenvalue weighted by molar-refractivity contribution is 7.89. The Morgan fingerprint density at radius 2 is 1.65 bits per heavy atom. The third-order valence-electron chi connectivity index (χ3n) is 5.49. The van der Waals surface area contributed by atoms with E-state index in [1.165, 1.54) is 4.31 Å². The van der Waals surface area contributed by atoms with Crippen molar-refractivity contribution in [2.45, 2.75) is 43.9 Å². The van der Waals surface area contributed by atoms with E-state index in [0.717, 1.165) is 30.4 Å². The Kier molecular flexibility index (Phi) is 7.56. The molecule has 0 spiro atoms. The number of anilines is 1. The van der Waals surface area contributed by atoms with Crippen molar-refractivity contribution in [3.05, 3.63) is 47.5 Å². The zero-order valence-corrected chi connectivity index (χ0v) is 19.1. The number of nitrogens with zero attached hydrogens (tertiary/aromatic N) is 1. The highest BCUT2D eigenvalue weighted by Gasteiger charge is 2.26. The van der Waals surface area contributed by atoms with Gasteiger partial charge in [0.1, 0.15) is 11.5 Å². The largest absolute Gasteiger partial charge is 0.497 e. The number of hydrogen-bond acceptors (Lipinski definition) is 5. The number of carbonyl (C=O) groups is 1. The number of piperidine rings is 1. The van der Waals surface area contributed by atoms with E-state index in [2.05, 4.69) is 5.32 Å². The molecule has 0 radical (unpaired) electrons. The van der Waals surface area contributed by atoms with Gasteiger partial charge in [0.25, 0.3) is 0 Å². The van der Waals surface area contributed by atoms with Crippen LogP contribution in [0, 0.1) is 6.92 Å². The standard InChI is InChI=1S/C23H30N2O5S/c1-17-7-9-21(31(27,28)25-11-5-4-6-12-25)16-22(17)24-23(26)10-8-18-13-19(29-2)15-20(14-18)30-3/h7,9,13-16H,4-6,8,10-12H2,1-3H3,(H,24,26). The van der Waals surface area contributed by atoms with Gasteiger partial charge in [0.15, 0.2) is 0 Å². The molecular formula is C23H30N2O5S. The summed E-state index contributed by atoms with van der Waals surface area (Å²) in [6, 6.07) is 10.4. The molecule has 168 valence electrons. The lowest BCUT2D eigenvalue weighted by Gasteiger charge is -2.26. The Balaban J connectivity index is 1.69. The lowest BCUT2D eigenvalue weighted by Crippen LogP contribution is -2.35. The molecule has 1 amide bonds. The SMILES string of the molecule is COc1cc(CCC(=O)Nc2cc(S(=O)(=O)N3CCCCC3)ccc2C)cc(OC)c1. The normalized spacial score (nSPS) is 14.8. The summed E-state index contributed by atoms with van der Waals surface area (Å²) in [7, 11) is -0.389. The van der Waals surface area contributed by atoms with E-state index in [-0.39, 0.29) is 17.2 Å². The molecule has 7 nitrogen and oxygen atoms in total. The summed E-state index contributed by atoms with van der Waals surface area (Å²) in [5.74, 6) is 1.15. The molecule has 1 N–H and O–H groups in total. The molecule has 0 aromatic heterocycles. The maximum absolute atomic E-state index is 13.0. The van der Waals surface area contributed by atoms with Crippen LogP contribution in [0.3, 0.4) is 0 Å². The number of rotatable bonds is 8. The molecule has 0 unspecified atom stereocenters. The van der Waals surface area contributed by atoms with Crippen LogP contribution in [0.2, 0.25) is 0 Å². The van der Waals surface area contributed by atoms with Crippen molar-refractivity contribution in [1.29, 1.82) is 0 Å². The van der Waals surface area contributed by atoms with Crippen molar-refractivity contribution in [1.82, 2.24) is 4.31 Å². The van der Waals surface area contributed by atoms with Crippen molar-refractivity contribution in [2.75, 3.05) is 32.6 Å². The minimum Gasteiger partial charge on any atom is -0.497 e. The van der Waals surface area contributed by atoms with Crippen LogP contribution in [0.25, 0.3) is 0 Å². The van der Waals surface area contributed by atoms with Crippen LogP contribution in [-0.4, -0.2) is 45.9 Å². The Labute approximate surface area is 184 Å². The van der Waals surface area contributed by atoms with Gasteiger partial charge in [0.05, 0.1) is 19.1 Å². The van der Waals surface area contributed by atoms with Crippen molar-refractivity contribution in [3.63, 3.8) is 0 Å². The molecule has 0 aliphatic carbocycles. The summed E-state index contributed by atoms with van der Waals surface area (Å²) in [5.41, 5.74) is 2.25. The van der Waals surface area contributed by atoms with Crippen molar-refractivity contribution in [2.24, 2.45) is 0 Å². The maximum atomic E-state index is 13.0. The smallest absolute Gasteiger partial charge is 0.243 e. The maximum Gasteiger partial charge on any atom is 0.243 e. The van der Waals surface area contributed by atoms with Crippen LogP contribution in [0.5, 0.6) is 11.5 Å². The third kappa shape index (κ3) is 5.77. The van der Waals surface area contributed by atoms with Gasteiger partial charge in [-0.25, -0.2) is 8.42 Å². The molecule has 1 fully saturated rings. The molecule has 1 saturated heterocycles. The van der Waals surface area contributed by atoms with Crippen molar-refractivity contribution >= 4 is 21.6 Å². The number of sulfonamides is 1. The zero-order valence-electron chi connectivity index (χ0n) is 18.3. The van der Waals surface area contributed by atoms with E-state index in [1.54, 1.807) is 38.5 Å². The van der Waals surface area contributed by atoms with Gasteiger partial charge in [-0.05, 0) is 61.6 Å². The van der Waals surface area contributed by atoms with Crippen LogP contribution in [0.1, 0.15) is 36.8 Å². The first-order valence-electron chi connectivity index (χ1n) is 10.5. The Morgan fingerprint density at radius 1 is 1.00 bits per heavy atom. The van der Waals surface area contributed by atoms with Crippen LogP contribution in [0.15, 0.2) is 41.3 Å². The van der Waals surface area contributed by atoms with E-state index in [1.807, 2.05) is 19.1 Å². The monoisotopic (exact) mass is 446 g/mol. The zero-order chi connectivity index (χ0) is 22.4. The lowest BCUT2D eigenvalue weighted by molar-refractivity contribution is -0.116. The van der Waals surface area contributed by atoms with Gasteiger partial charge >= 0.3 is 0 Å². The van der Waals surface area contributed by atoms with Gasteiger partial charge in [-0.1, -0.05) is 12.5 Å². The molecule has 1 heterocycles. The predicted molar refractivity (Wildman–Crippen MR) is 120 cm³/mol. The summed E-state index contributed by atoms with van der Waals surface area (Å²) in [5, 5.41) is 2.87. The number of amides is 1. The summed E-state index contributed by atoms with van der Waals surface area (Å²) in [4.78, 5) is 12.8. The molecular weight excluding hydrogens is 416 g/mol. The molecule has 8 heteroatoms. The van der Waals surface area contributed by atoms with Crippen LogP contribution in [-0.2, 0) is 21.2 Å². The van der Waals surface area contributed by atoms with Crippen LogP contribution in [0.4, 0.5) is 5.69 Å². The number of nitrogens with one attached hydrogen (secondary N) is 1. The van der Waals surface area contributed by atoms with Gasteiger partial charge in [-0.2, -0.15) is 4.31 Å². The average molecular weight is 447 g/mol. The first-order valence-corrected chi connectivity index (χ1v) is 11.9. The number of ether oxygens (including phenoxy) is 2. The fourth-order valence-corrected chi connectivity index (χ4v) is 5.18. The fraction of sp³-hybridized carbons (Fsp3) is 0.435. The minimum atomic E-state index is -3.55. The second kappa shape index (κ2) is 10.2. The lowest BCUT2D eigenvalue weighted by atomic mass is 10.1. The molecule has 1 aliphatic rings. The molecule has 2 aromatic rings. The van der Waals surface area contributed by atoms with E-state index >= 15 is 0 Å². The summed E-state index contributed by atoms with van der Waals surface area (Å²) in [6.07, 6.45) is 3.57. The van der Waals surface area contributed by atoms with Gasteiger partial charge in [0, 0.05) is 31.3 Å². The second-order valence-corrected chi connectivity index (χ2v) is 9.65. The van der Waals surface area contributed by atoms with E-state index in [9.17, 15) is 13.2 Å².